The van der Waals surface area contributed by atoms with Crippen LogP contribution < -0.4 is 27.5 Å². The van der Waals surface area contributed by atoms with E-state index in [0.29, 0.717) is 47.6 Å². The zero-order chi connectivity index (χ0) is 37.4. The number of aliphatic imine (C=N–C) groups is 1. The van der Waals surface area contributed by atoms with E-state index in [0.717, 1.165) is 41.9 Å². The van der Waals surface area contributed by atoms with Crippen molar-refractivity contribution in [3.8, 4) is 11.9 Å². The van der Waals surface area contributed by atoms with E-state index in [-0.39, 0.29) is 52.8 Å². The molecule has 52 heavy (non-hydrogen) atoms. The molecule has 0 bridgehead atoms. The molecule has 0 aliphatic heterocycles. The first-order chi connectivity index (χ1) is 25.1. The van der Waals surface area contributed by atoms with Gasteiger partial charge in [0.15, 0.2) is 17.4 Å². The molecule has 0 fully saturated rings. The third-order valence-corrected chi connectivity index (χ3v) is 10.5. The number of allylic oxidation sites excluding steroid dienone is 1. The number of aryl methyl sites for hydroxylation is 1. The van der Waals surface area contributed by atoms with E-state index in [1.54, 1.807) is 24.5 Å². The van der Waals surface area contributed by atoms with Gasteiger partial charge in [0.1, 0.15) is 23.4 Å². The summed E-state index contributed by atoms with van der Waals surface area (Å²) in [5.41, 5.74) is 21.7. The molecule has 4 aromatic heterocycles. The molecule has 5 rings (SSSR count). The predicted molar refractivity (Wildman–Crippen MR) is 206 cm³/mol. The molecule has 0 spiro atoms. The topological polar surface area (TPSA) is 204 Å². The number of likely N-dealkylation sites (N-methyl/N-ethyl adjacent to an activating group) is 1. The molecule has 0 saturated carbocycles. The highest BCUT2D eigenvalue weighted by Crippen LogP contribution is 2.44. The first-order valence-corrected chi connectivity index (χ1v) is 18.4. The molecule has 0 amide bonds. The third-order valence-electron chi connectivity index (χ3n) is 9.42. The molecule has 6 N–H and O–H groups in total. The second-order valence-electron chi connectivity index (χ2n) is 12.8. The number of nitriles is 1. The fraction of sp³-hybridized carbons (Fsp3) is 0.395. The van der Waals surface area contributed by atoms with Crippen molar-refractivity contribution in [2.75, 3.05) is 31.7 Å². The Balaban J connectivity index is 1.53. The number of Topliss-reactive ketones (excluding diaryl/α,β-unsaturated/α-hetero) is 1. The van der Waals surface area contributed by atoms with Crippen LogP contribution in [0, 0.1) is 11.3 Å². The number of rotatable bonds is 15. The second-order valence-corrected chi connectivity index (χ2v) is 13.9. The van der Waals surface area contributed by atoms with E-state index < -0.39 is 5.92 Å². The van der Waals surface area contributed by atoms with E-state index in [9.17, 15) is 14.9 Å². The van der Waals surface area contributed by atoms with Gasteiger partial charge in [-0.05, 0) is 69.5 Å². The maximum Gasteiger partial charge on any atom is 0.274 e. The zero-order valence-electron chi connectivity index (χ0n) is 30.1. The highest BCUT2D eigenvalue weighted by Gasteiger charge is 2.34. The van der Waals surface area contributed by atoms with Gasteiger partial charge in [-0.3, -0.25) is 14.6 Å². The molecule has 13 nitrogen and oxygen atoms in total. The molecule has 1 aliphatic rings. The lowest BCUT2D eigenvalue weighted by Gasteiger charge is -2.25. The average molecular weight is 723 g/mol. The molecule has 0 aromatic carbocycles. The molecule has 4 aromatic rings. The van der Waals surface area contributed by atoms with E-state index in [2.05, 4.69) is 44.8 Å². The number of aromatic nitrogens is 4. The van der Waals surface area contributed by atoms with Gasteiger partial charge in [0.05, 0.1) is 23.5 Å². The number of ether oxygens (including phenoxy) is 1. The van der Waals surface area contributed by atoms with Crippen LogP contribution in [0.2, 0.25) is 0 Å². The number of nitrogens with zero attached hydrogens (tertiary/aromatic N) is 7. The standard InChI is InChI=1S/C38H46N10O3S/c1-5-11-27(35(49)26-13-10-14-29-32(26)28(19-39)36(42)52-29)34(41)37-45-30(18-31(46-37)51-22-25(6-2)47(4)7-3)44-20-23-15-17-48(38(50)33(23)40)21-24-12-8-9-16-43-24/h8-9,12,15-18,20,25-26H,5-7,10-11,13-14,21-22,40-42H2,1-4H3/b34-27-,44-20+/t25-,26-/m0/s1. The number of thiophene rings is 1. The Hall–Kier alpha value is -5.39. The van der Waals surface area contributed by atoms with Crippen LogP contribution in [0.5, 0.6) is 5.88 Å². The summed E-state index contributed by atoms with van der Waals surface area (Å²) in [4.78, 5) is 48.8. The Kier molecular flexibility index (Phi) is 12.5. The lowest BCUT2D eigenvalue weighted by molar-refractivity contribution is -0.117. The first-order valence-electron chi connectivity index (χ1n) is 17.6. The molecule has 0 radical (unpaired) electrons. The molecule has 2 atom stereocenters. The number of nitrogen functional groups attached to an aromatic ring is 2. The van der Waals surface area contributed by atoms with Gasteiger partial charge in [0.25, 0.3) is 5.56 Å². The fourth-order valence-electron chi connectivity index (χ4n) is 6.35. The van der Waals surface area contributed by atoms with E-state index in [4.69, 9.17) is 21.9 Å². The van der Waals surface area contributed by atoms with Gasteiger partial charge in [-0.15, -0.1) is 11.3 Å². The number of fused-ring (bicyclic) bond motifs is 1. The van der Waals surface area contributed by atoms with E-state index >= 15 is 0 Å². The van der Waals surface area contributed by atoms with Gasteiger partial charge in [-0.25, -0.2) is 9.98 Å². The minimum absolute atomic E-state index is 0.0224. The van der Waals surface area contributed by atoms with Gasteiger partial charge in [-0.1, -0.05) is 33.3 Å². The molecule has 4 heterocycles. The Labute approximate surface area is 307 Å². The number of carbonyl (C=O) groups is 1. The molecular formula is C38H46N10O3S. The van der Waals surface area contributed by atoms with Crippen molar-refractivity contribution in [3.63, 3.8) is 0 Å². The Morgan fingerprint density at radius 2 is 2.06 bits per heavy atom. The summed E-state index contributed by atoms with van der Waals surface area (Å²) >= 11 is 1.38. The number of pyridine rings is 2. The summed E-state index contributed by atoms with van der Waals surface area (Å²) in [6.07, 6.45) is 8.82. The molecule has 272 valence electrons. The van der Waals surface area contributed by atoms with Crippen molar-refractivity contribution in [1.29, 1.82) is 5.26 Å². The number of hydrogen-bond acceptors (Lipinski definition) is 13. The highest BCUT2D eigenvalue weighted by atomic mass is 32.1. The normalized spacial score (nSPS) is 15.3. The van der Waals surface area contributed by atoms with Crippen molar-refractivity contribution < 1.29 is 9.53 Å². The summed E-state index contributed by atoms with van der Waals surface area (Å²) in [6.45, 7) is 7.61. The number of ketones is 1. The smallest absolute Gasteiger partial charge is 0.274 e. The highest BCUT2D eigenvalue weighted by molar-refractivity contribution is 7.16. The number of anilines is 2. The van der Waals surface area contributed by atoms with Crippen LogP contribution in [-0.4, -0.2) is 62.7 Å². The van der Waals surface area contributed by atoms with Crippen LogP contribution in [-0.2, 0) is 17.8 Å². The van der Waals surface area contributed by atoms with Gasteiger partial charge in [0.2, 0.25) is 5.88 Å². The van der Waals surface area contributed by atoms with Crippen LogP contribution in [0.25, 0.3) is 5.70 Å². The monoisotopic (exact) mass is 722 g/mol. The minimum atomic E-state index is -0.540. The second kappa shape index (κ2) is 17.2. The van der Waals surface area contributed by atoms with Crippen molar-refractivity contribution in [2.45, 2.75) is 77.8 Å². The van der Waals surface area contributed by atoms with Crippen molar-refractivity contribution in [2.24, 2.45) is 10.7 Å². The summed E-state index contributed by atoms with van der Waals surface area (Å²) in [5.74, 6) is -0.163. The molecule has 0 saturated heterocycles. The summed E-state index contributed by atoms with van der Waals surface area (Å²) in [5, 5.41) is 10.3. The SMILES string of the molecule is CCC/C(C(=O)[C@H]1CCCc2sc(N)c(C#N)c21)=C(/N)c1nc(/N=C/c2ccn(Cc3ccccn3)c(=O)c2N)cc(OC[C@H](CC)N(C)CC)n1. The Morgan fingerprint density at radius 1 is 1.25 bits per heavy atom. The fourth-order valence-corrected chi connectivity index (χ4v) is 7.48. The molecule has 0 unspecified atom stereocenters. The average Bonchev–Trinajstić information content (AvgIpc) is 3.50. The van der Waals surface area contributed by atoms with Crippen LogP contribution in [0.3, 0.4) is 0 Å². The van der Waals surface area contributed by atoms with Crippen molar-refractivity contribution in [1.82, 2.24) is 24.4 Å². The van der Waals surface area contributed by atoms with Crippen molar-refractivity contribution >= 4 is 45.5 Å². The lowest BCUT2D eigenvalue weighted by atomic mass is 9.79. The summed E-state index contributed by atoms with van der Waals surface area (Å²) in [6, 6.07) is 11.1. The van der Waals surface area contributed by atoms with Crippen LogP contribution >= 0.6 is 11.3 Å². The quantitative estimate of drug-likeness (QED) is 0.107. The van der Waals surface area contributed by atoms with Gasteiger partial charge in [0, 0.05) is 52.6 Å². The maximum absolute atomic E-state index is 14.3. The molecular weight excluding hydrogens is 677 g/mol. The summed E-state index contributed by atoms with van der Waals surface area (Å²) < 4.78 is 7.70. The summed E-state index contributed by atoms with van der Waals surface area (Å²) in [7, 11) is 2.03. The Morgan fingerprint density at radius 3 is 2.75 bits per heavy atom. The van der Waals surface area contributed by atoms with E-state index in [1.807, 2.05) is 32.2 Å². The van der Waals surface area contributed by atoms with Gasteiger partial charge < -0.3 is 31.4 Å². The minimum Gasteiger partial charge on any atom is -0.476 e. The lowest BCUT2D eigenvalue weighted by Crippen LogP contribution is -2.36. The van der Waals surface area contributed by atoms with Gasteiger partial charge in [-0.2, -0.15) is 10.2 Å². The molecule has 1 aliphatic carbocycles. The number of hydrogen-bond donors (Lipinski definition) is 3. The number of carbonyl (C=O) groups excluding carboxylic acids is 1. The van der Waals surface area contributed by atoms with Crippen LogP contribution in [0.4, 0.5) is 16.5 Å². The largest absolute Gasteiger partial charge is 0.476 e. The third kappa shape index (κ3) is 8.38. The number of nitrogens with two attached hydrogens (primary N) is 3. The van der Waals surface area contributed by atoms with Crippen LogP contribution in [0.15, 0.2) is 58.1 Å². The van der Waals surface area contributed by atoms with Crippen LogP contribution in [0.1, 0.15) is 91.9 Å². The zero-order valence-corrected chi connectivity index (χ0v) is 30.9. The van der Waals surface area contributed by atoms with Crippen molar-refractivity contribution in [3.05, 3.63) is 91.7 Å². The van der Waals surface area contributed by atoms with E-state index in [1.165, 1.54) is 22.1 Å². The predicted octanol–water partition coefficient (Wildman–Crippen LogP) is 5.20. The maximum atomic E-state index is 14.3. The van der Waals surface area contributed by atoms with Gasteiger partial charge >= 0.3 is 0 Å². The Bertz CT molecular complexity index is 2070. The first kappa shape index (κ1) is 37.9. The molecule has 14 heteroatoms.